The number of thioether (sulfide) groups is 1. The molecule has 9 heteroatoms. The van der Waals surface area contributed by atoms with Crippen molar-refractivity contribution in [2.45, 2.75) is 17.9 Å². The van der Waals surface area contributed by atoms with Crippen LogP contribution in [0.5, 0.6) is 11.5 Å². The van der Waals surface area contributed by atoms with E-state index >= 15 is 0 Å². The second kappa shape index (κ2) is 12.9. The number of hydrazone groups is 1. The number of benzene rings is 3. The molecule has 3 rings (SSSR count). The van der Waals surface area contributed by atoms with Crippen LogP contribution in [0.1, 0.15) is 17.5 Å². The molecular weight excluding hydrogens is 547 g/mol. The highest BCUT2D eigenvalue weighted by atomic mass is 79.9. The summed E-state index contributed by atoms with van der Waals surface area (Å²) in [6.07, 6.45) is 1.90. The lowest BCUT2D eigenvalue weighted by molar-refractivity contribution is -0.120. The van der Waals surface area contributed by atoms with Crippen LogP contribution in [0.25, 0.3) is 0 Å². The monoisotopic (exact) mass is 566 g/mol. The first-order valence-corrected chi connectivity index (χ1v) is 12.4. The predicted molar refractivity (Wildman–Crippen MR) is 139 cm³/mol. The summed E-state index contributed by atoms with van der Waals surface area (Å²) in [6.45, 7) is 0.365. The lowest BCUT2D eigenvalue weighted by Gasteiger charge is -2.13. The van der Waals surface area contributed by atoms with E-state index < -0.39 is 0 Å². The number of hydrogen-bond donors (Lipinski definition) is 1. The van der Waals surface area contributed by atoms with E-state index in [1.807, 2.05) is 54.6 Å². The van der Waals surface area contributed by atoms with Gasteiger partial charge >= 0.3 is 0 Å². The Balaban J connectivity index is 1.52. The van der Waals surface area contributed by atoms with Crippen molar-refractivity contribution in [3.8, 4) is 11.5 Å². The Morgan fingerprint density at radius 3 is 2.42 bits per heavy atom. The third-order valence-electron chi connectivity index (χ3n) is 4.36. The Morgan fingerprint density at radius 2 is 1.76 bits per heavy atom. The van der Waals surface area contributed by atoms with Gasteiger partial charge in [-0.15, -0.1) is 11.8 Å². The van der Waals surface area contributed by atoms with Gasteiger partial charge in [-0.3, -0.25) is 4.79 Å². The minimum absolute atomic E-state index is 0.165. The molecule has 0 saturated heterocycles. The van der Waals surface area contributed by atoms with E-state index in [4.69, 9.17) is 32.7 Å². The molecule has 3 aromatic rings. The van der Waals surface area contributed by atoms with E-state index in [1.165, 1.54) is 0 Å². The molecule has 0 spiro atoms. The zero-order valence-electron chi connectivity index (χ0n) is 17.7. The zero-order valence-corrected chi connectivity index (χ0v) is 21.6. The van der Waals surface area contributed by atoms with Gasteiger partial charge in [-0.1, -0.05) is 35.3 Å². The highest BCUT2D eigenvalue weighted by Gasteiger charge is 2.12. The zero-order chi connectivity index (χ0) is 23.6. The average Bonchev–Trinajstić information content (AvgIpc) is 2.80. The third-order valence-corrected chi connectivity index (χ3v) is 6.47. The van der Waals surface area contributed by atoms with Crippen molar-refractivity contribution in [2.75, 3.05) is 12.9 Å². The van der Waals surface area contributed by atoms with E-state index in [0.29, 0.717) is 44.8 Å². The lowest BCUT2D eigenvalue weighted by atomic mass is 10.2. The van der Waals surface area contributed by atoms with E-state index in [1.54, 1.807) is 31.2 Å². The molecule has 0 aliphatic rings. The number of carbonyl (C=O) groups excluding carboxylic acids is 1. The van der Waals surface area contributed by atoms with Crippen molar-refractivity contribution in [3.05, 3.63) is 86.3 Å². The number of carbonyl (C=O) groups is 1. The number of nitrogens with zero attached hydrogens (tertiary/aromatic N) is 1. The second-order valence-corrected chi connectivity index (χ2v) is 9.69. The van der Waals surface area contributed by atoms with Gasteiger partial charge in [-0.05, 0) is 75.6 Å². The van der Waals surface area contributed by atoms with Crippen molar-refractivity contribution in [3.63, 3.8) is 0 Å². The van der Waals surface area contributed by atoms with E-state index in [2.05, 4.69) is 26.5 Å². The molecule has 0 fully saturated rings. The first kappa shape index (κ1) is 25.4. The maximum Gasteiger partial charge on any atom is 0.240 e. The van der Waals surface area contributed by atoms with Gasteiger partial charge in [-0.2, -0.15) is 5.10 Å². The van der Waals surface area contributed by atoms with Crippen LogP contribution in [0, 0.1) is 0 Å². The Labute approximate surface area is 215 Å². The van der Waals surface area contributed by atoms with Crippen molar-refractivity contribution in [1.29, 1.82) is 0 Å². The number of methoxy groups -OCH3 is 1. The van der Waals surface area contributed by atoms with Gasteiger partial charge in [0.25, 0.3) is 0 Å². The highest BCUT2D eigenvalue weighted by molar-refractivity contribution is 9.10. The SMILES string of the molecule is COc1cc(/C=N\NC(=O)CCSc2ccc(Cl)cc2)cc(Br)c1OCc1ccc(Cl)cc1. The Bertz CT molecular complexity index is 1110. The fourth-order valence-corrected chi connectivity index (χ4v) is 4.40. The minimum Gasteiger partial charge on any atom is -0.493 e. The fraction of sp³-hybridized carbons (Fsp3) is 0.167. The number of hydrogen-bond acceptors (Lipinski definition) is 5. The quantitative estimate of drug-likeness (QED) is 0.163. The van der Waals surface area contributed by atoms with Gasteiger partial charge in [-0.25, -0.2) is 5.43 Å². The van der Waals surface area contributed by atoms with Crippen LogP contribution >= 0.6 is 50.9 Å². The van der Waals surface area contributed by atoms with E-state index in [-0.39, 0.29) is 5.91 Å². The van der Waals surface area contributed by atoms with Crippen LogP contribution in [0.15, 0.2) is 75.1 Å². The van der Waals surface area contributed by atoms with Gasteiger partial charge in [0, 0.05) is 27.1 Å². The first-order chi connectivity index (χ1) is 15.9. The van der Waals surface area contributed by atoms with Crippen LogP contribution in [0.4, 0.5) is 0 Å². The van der Waals surface area contributed by atoms with Crippen molar-refractivity contribution < 1.29 is 14.3 Å². The molecule has 3 aromatic carbocycles. The standard InChI is InChI=1S/C24H21BrCl2N2O3S/c1-31-22-13-17(12-21(25)24(22)32-15-16-2-4-18(26)5-3-16)14-28-29-23(30)10-11-33-20-8-6-19(27)7-9-20/h2-9,12-14H,10-11,15H2,1H3,(H,29,30)/b28-14-. The highest BCUT2D eigenvalue weighted by Crippen LogP contribution is 2.37. The molecule has 0 atom stereocenters. The summed E-state index contributed by atoms with van der Waals surface area (Å²) < 4.78 is 12.1. The molecule has 1 N–H and O–H groups in total. The molecule has 5 nitrogen and oxygen atoms in total. The van der Waals surface area contributed by atoms with Crippen molar-refractivity contribution >= 4 is 63.0 Å². The molecule has 0 bridgehead atoms. The molecule has 0 aromatic heterocycles. The molecule has 0 aliphatic heterocycles. The Kier molecular flexibility index (Phi) is 9.94. The summed E-state index contributed by atoms with van der Waals surface area (Å²) in [5.74, 6) is 1.60. The normalized spacial score (nSPS) is 10.9. The minimum atomic E-state index is -0.165. The maximum atomic E-state index is 12.0. The van der Waals surface area contributed by atoms with E-state index in [0.717, 1.165) is 16.0 Å². The molecule has 0 unspecified atom stereocenters. The van der Waals surface area contributed by atoms with Gasteiger partial charge in [0.05, 0.1) is 17.8 Å². The summed E-state index contributed by atoms with van der Waals surface area (Å²) in [6, 6.07) is 18.6. The van der Waals surface area contributed by atoms with Crippen LogP contribution in [0.2, 0.25) is 10.0 Å². The van der Waals surface area contributed by atoms with Gasteiger partial charge in [0.15, 0.2) is 11.5 Å². The molecule has 0 heterocycles. The maximum absolute atomic E-state index is 12.0. The summed E-state index contributed by atoms with van der Waals surface area (Å²) in [5, 5.41) is 5.41. The topological polar surface area (TPSA) is 59.9 Å². The summed E-state index contributed by atoms with van der Waals surface area (Å²) in [5.41, 5.74) is 4.27. The third kappa shape index (κ3) is 8.27. The molecule has 1 amide bonds. The number of amides is 1. The van der Waals surface area contributed by atoms with Crippen LogP contribution in [0.3, 0.4) is 0 Å². The Hall–Kier alpha value is -2.19. The molecular formula is C24H21BrCl2N2O3S. The van der Waals surface area contributed by atoms with Crippen molar-refractivity contribution in [2.24, 2.45) is 5.10 Å². The van der Waals surface area contributed by atoms with E-state index in [9.17, 15) is 4.79 Å². The lowest BCUT2D eigenvalue weighted by Crippen LogP contribution is -2.17. The van der Waals surface area contributed by atoms with Gasteiger partial charge < -0.3 is 9.47 Å². The molecule has 0 aliphatic carbocycles. The van der Waals surface area contributed by atoms with Crippen LogP contribution < -0.4 is 14.9 Å². The first-order valence-electron chi connectivity index (χ1n) is 9.89. The summed E-state index contributed by atoms with van der Waals surface area (Å²) >= 11 is 16.9. The molecule has 33 heavy (non-hydrogen) atoms. The van der Waals surface area contributed by atoms with Crippen molar-refractivity contribution in [1.82, 2.24) is 5.43 Å². The number of ether oxygens (including phenoxy) is 2. The van der Waals surface area contributed by atoms with Gasteiger partial charge in [0.2, 0.25) is 5.91 Å². The molecule has 172 valence electrons. The van der Waals surface area contributed by atoms with Gasteiger partial charge in [0.1, 0.15) is 6.61 Å². The predicted octanol–water partition coefficient (Wildman–Crippen LogP) is 6.98. The number of rotatable bonds is 10. The summed E-state index contributed by atoms with van der Waals surface area (Å²) in [7, 11) is 1.57. The Morgan fingerprint density at radius 1 is 1.09 bits per heavy atom. The number of nitrogens with one attached hydrogen (secondary N) is 1. The molecule has 0 saturated carbocycles. The largest absolute Gasteiger partial charge is 0.493 e. The van der Waals surface area contributed by atoms with Crippen LogP contribution in [-0.2, 0) is 11.4 Å². The fourth-order valence-electron chi connectivity index (χ4n) is 2.72. The average molecular weight is 568 g/mol. The molecule has 0 radical (unpaired) electrons. The summed E-state index contributed by atoms with van der Waals surface area (Å²) in [4.78, 5) is 13.1. The smallest absolute Gasteiger partial charge is 0.240 e. The number of halogens is 3. The van der Waals surface area contributed by atoms with Crippen LogP contribution in [-0.4, -0.2) is 25.0 Å². The second-order valence-electron chi connectivity index (χ2n) is 6.79.